The summed E-state index contributed by atoms with van der Waals surface area (Å²) in [6, 6.07) is 16.2. The zero-order valence-corrected chi connectivity index (χ0v) is 15.5. The van der Waals surface area contributed by atoms with Gasteiger partial charge < -0.3 is 0 Å². The molecule has 5 heteroatoms. The average Bonchev–Trinajstić information content (AvgIpc) is 2.86. The van der Waals surface area contributed by atoms with Crippen LogP contribution in [-0.2, 0) is 11.3 Å². The van der Waals surface area contributed by atoms with Crippen LogP contribution in [0.5, 0.6) is 0 Å². The number of hydrogen-bond acceptors (Lipinski definition) is 4. The Balaban J connectivity index is 1.79. The van der Waals surface area contributed by atoms with E-state index < -0.39 is 0 Å². The maximum absolute atomic E-state index is 12.5. The third-order valence-electron chi connectivity index (χ3n) is 4.14. The molecular weight excluding hydrogens is 330 g/mol. The molecule has 2 aromatic carbocycles. The highest BCUT2D eigenvalue weighted by molar-refractivity contribution is 8.15. The van der Waals surface area contributed by atoms with Crippen LogP contribution in [0.3, 0.4) is 0 Å². The van der Waals surface area contributed by atoms with Gasteiger partial charge in [-0.3, -0.25) is 9.69 Å². The molecule has 0 radical (unpaired) electrons. The van der Waals surface area contributed by atoms with Gasteiger partial charge in [0.2, 0.25) is 5.91 Å². The highest BCUT2D eigenvalue weighted by Gasteiger charge is 2.35. The van der Waals surface area contributed by atoms with Gasteiger partial charge in [-0.25, -0.2) is 0 Å². The standard InChI is InChI=1S/C20H21N3OS/c1-14-8-10-17(11-9-14)12-21-22-20-23(19(24)16(3)25-20)13-18-7-5-4-6-15(18)2/h4-12,16H,13H2,1-3H3/b21-12+,22-20-. The Morgan fingerprint density at radius 1 is 1.12 bits per heavy atom. The number of rotatable bonds is 4. The minimum absolute atomic E-state index is 0.0811. The van der Waals surface area contributed by atoms with E-state index in [1.807, 2.05) is 56.3 Å². The van der Waals surface area contributed by atoms with Crippen molar-refractivity contribution in [2.75, 3.05) is 0 Å². The molecule has 4 nitrogen and oxygen atoms in total. The van der Waals surface area contributed by atoms with Crippen LogP contribution in [0.25, 0.3) is 0 Å². The first-order chi connectivity index (χ1) is 12.0. The van der Waals surface area contributed by atoms with Crippen molar-refractivity contribution in [3.05, 3.63) is 70.8 Å². The fourth-order valence-electron chi connectivity index (χ4n) is 2.56. The Bertz CT molecular complexity index is 827. The first-order valence-corrected chi connectivity index (χ1v) is 9.13. The van der Waals surface area contributed by atoms with Gasteiger partial charge in [0.25, 0.3) is 0 Å². The minimum Gasteiger partial charge on any atom is -0.284 e. The molecule has 0 aliphatic carbocycles. The number of nitrogens with zero attached hydrogens (tertiary/aromatic N) is 3. The molecule has 0 aromatic heterocycles. The topological polar surface area (TPSA) is 45.0 Å². The molecule has 1 amide bonds. The minimum atomic E-state index is -0.127. The lowest BCUT2D eigenvalue weighted by molar-refractivity contribution is -0.126. The lowest BCUT2D eigenvalue weighted by Crippen LogP contribution is -2.31. The molecule has 0 spiro atoms. The van der Waals surface area contributed by atoms with Crippen molar-refractivity contribution in [2.45, 2.75) is 32.6 Å². The van der Waals surface area contributed by atoms with Gasteiger partial charge in [0.1, 0.15) is 0 Å². The second-order valence-corrected chi connectivity index (χ2v) is 7.46. The lowest BCUT2D eigenvalue weighted by atomic mass is 10.1. The number of aryl methyl sites for hydroxylation is 2. The number of hydrogen-bond donors (Lipinski definition) is 0. The van der Waals surface area contributed by atoms with Gasteiger partial charge in [-0.05, 0) is 37.5 Å². The van der Waals surface area contributed by atoms with Crippen LogP contribution >= 0.6 is 11.8 Å². The normalized spacial score (nSPS) is 19.3. The van der Waals surface area contributed by atoms with Crippen molar-refractivity contribution in [1.82, 2.24) is 4.90 Å². The summed E-state index contributed by atoms with van der Waals surface area (Å²) in [7, 11) is 0. The summed E-state index contributed by atoms with van der Waals surface area (Å²) >= 11 is 1.46. The Labute approximate surface area is 152 Å². The molecule has 1 saturated heterocycles. The van der Waals surface area contributed by atoms with E-state index in [0.29, 0.717) is 11.7 Å². The van der Waals surface area contributed by atoms with E-state index in [1.165, 1.54) is 22.9 Å². The summed E-state index contributed by atoms with van der Waals surface area (Å²) in [5.74, 6) is 0.0811. The van der Waals surface area contributed by atoms with E-state index in [-0.39, 0.29) is 11.2 Å². The SMILES string of the molecule is Cc1ccc(/C=N/N=C2\SC(C)C(=O)N2Cc2ccccc2C)cc1. The van der Waals surface area contributed by atoms with Gasteiger partial charge in [0.05, 0.1) is 18.0 Å². The Hall–Kier alpha value is -2.40. The molecule has 0 N–H and O–H groups in total. The molecule has 1 aliphatic heterocycles. The van der Waals surface area contributed by atoms with Gasteiger partial charge in [0, 0.05) is 0 Å². The van der Waals surface area contributed by atoms with E-state index in [0.717, 1.165) is 11.1 Å². The number of carbonyl (C=O) groups is 1. The van der Waals surface area contributed by atoms with Crippen LogP contribution in [0.1, 0.15) is 29.2 Å². The molecule has 25 heavy (non-hydrogen) atoms. The van der Waals surface area contributed by atoms with Crippen molar-refractivity contribution in [2.24, 2.45) is 10.2 Å². The van der Waals surface area contributed by atoms with E-state index in [1.54, 1.807) is 11.1 Å². The van der Waals surface area contributed by atoms with E-state index in [2.05, 4.69) is 23.2 Å². The molecule has 1 fully saturated rings. The highest BCUT2D eigenvalue weighted by Crippen LogP contribution is 2.29. The van der Waals surface area contributed by atoms with Gasteiger partial charge in [0.15, 0.2) is 5.17 Å². The summed E-state index contributed by atoms with van der Waals surface area (Å²) < 4.78 is 0. The second kappa shape index (κ2) is 7.66. The van der Waals surface area contributed by atoms with Crippen LogP contribution in [0, 0.1) is 13.8 Å². The number of amides is 1. The maximum atomic E-state index is 12.5. The van der Waals surface area contributed by atoms with E-state index in [9.17, 15) is 4.79 Å². The predicted molar refractivity (Wildman–Crippen MR) is 105 cm³/mol. The van der Waals surface area contributed by atoms with Crippen molar-refractivity contribution in [3.8, 4) is 0 Å². The molecule has 1 atom stereocenters. The number of carbonyl (C=O) groups excluding carboxylic acids is 1. The van der Waals surface area contributed by atoms with Crippen molar-refractivity contribution < 1.29 is 4.79 Å². The van der Waals surface area contributed by atoms with Crippen LogP contribution in [0.4, 0.5) is 0 Å². The molecule has 128 valence electrons. The maximum Gasteiger partial charge on any atom is 0.242 e. The first-order valence-electron chi connectivity index (χ1n) is 8.25. The third-order valence-corrected chi connectivity index (χ3v) is 5.21. The summed E-state index contributed by atoms with van der Waals surface area (Å²) in [6.45, 7) is 6.54. The number of benzene rings is 2. The lowest BCUT2D eigenvalue weighted by Gasteiger charge is -2.16. The van der Waals surface area contributed by atoms with Crippen LogP contribution in [0.15, 0.2) is 58.7 Å². The monoisotopic (exact) mass is 351 g/mol. The molecule has 1 aliphatic rings. The third kappa shape index (κ3) is 4.17. The van der Waals surface area contributed by atoms with Crippen LogP contribution in [-0.4, -0.2) is 27.4 Å². The smallest absolute Gasteiger partial charge is 0.242 e. The molecule has 1 heterocycles. The Morgan fingerprint density at radius 3 is 2.56 bits per heavy atom. The second-order valence-electron chi connectivity index (χ2n) is 6.15. The van der Waals surface area contributed by atoms with Crippen LogP contribution in [0.2, 0.25) is 0 Å². The zero-order valence-electron chi connectivity index (χ0n) is 14.6. The first kappa shape index (κ1) is 17.4. The molecule has 3 rings (SSSR count). The molecule has 0 saturated carbocycles. The molecule has 1 unspecified atom stereocenters. The zero-order chi connectivity index (χ0) is 17.8. The summed E-state index contributed by atoms with van der Waals surface area (Å²) in [5, 5.41) is 9.02. The van der Waals surface area contributed by atoms with Gasteiger partial charge in [-0.2, -0.15) is 5.10 Å². The van der Waals surface area contributed by atoms with Crippen molar-refractivity contribution in [1.29, 1.82) is 0 Å². The highest BCUT2D eigenvalue weighted by atomic mass is 32.2. The van der Waals surface area contributed by atoms with E-state index in [4.69, 9.17) is 0 Å². The van der Waals surface area contributed by atoms with E-state index >= 15 is 0 Å². The Kier molecular flexibility index (Phi) is 5.34. The molecule has 2 aromatic rings. The summed E-state index contributed by atoms with van der Waals surface area (Å²) in [6.07, 6.45) is 1.71. The van der Waals surface area contributed by atoms with Gasteiger partial charge in [-0.1, -0.05) is 65.9 Å². The summed E-state index contributed by atoms with van der Waals surface area (Å²) in [4.78, 5) is 14.2. The molecular formula is C20H21N3OS. The fraction of sp³-hybridized carbons (Fsp3) is 0.250. The van der Waals surface area contributed by atoms with Crippen molar-refractivity contribution >= 4 is 29.1 Å². The predicted octanol–water partition coefficient (Wildman–Crippen LogP) is 4.16. The van der Waals surface area contributed by atoms with Gasteiger partial charge >= 0.3 is 0 Å². The largest absolute Gasteiger partial charge is 0.284 e. The van der Waals surface area contributed by atoms with Gasteiger partial charge in [-0.15, -0.1) is 5.10 Å². The van der Waals surface area contributed by atoms with Crippen molar-refractivity contribution in [3.63, 3.8) is 0 Å². The molecule has 0 bridgehead atoms. The number of amidine groups is 1. The fourth-order valence-corrected chi connectivity index (χ4v) is 3.48. The van der Waals surface area contributed by atoms with Crippen LogP contribution < -0.4 is 0 Å². The average molecular weight is 351 g/mol. The Morgan fingerprint density at radius 2 is 1.84 bits per heavy atom. The number of thioether (sulfide) groups is 1. The summed E-state index contributed by atoms with van der Waals surface area (Å²) in [5.41, 5.74) is 4.49. The quantitative estimate of drug-likeness (QED) is 0.613.